The largest absolute Gasteiger partial charge is 0.619 e. The third-order valence-electron chi connectivity index (χ3n) is 6.50. The minimum atomic E-state index is -0.807. The number of nitrogens with one attached hydrogen (secondary N) is 1. The Labute approximate surface area is 203 Å². The van der Waals surface area contributed by atoms with Crippen LogP contribution in [-0.4, -0.2) is 64.5 Å². The highest BCUT2D eigenvalue weighted by molar-refractivity contribution is 6.03. The molecule has 2 fully saturated rings. The van der Waals surface area contributed by atoms with Crippen LogP contribution in [0.1, 0.15) is 47.4 Å². The van der Waals surface area contributed by atoms with Crippen molar-refractivity contribution in [1.29, 1.82) is 0 Å². The Kier molecular flexibility index (Phi) is 6.72. The maximum absolute atomic E-state index is 13.6. The van der Waals surface area contributed by atoms with E-state index in [2.05, 4.69) is 5.32 Å². The molecule has 2 aromatic rings. The standard InChI is InChI=1S/C25H29N5O5/c1-15(2)13-19(27-23(32)16-3-5-18(26)6-4-16)25(34)29-12-9-20-22(29)21(31)14-30(20)24(33)17-7-10-28(35)11-8-17/h3-8,10-11,15,19-20,22H,9,12-14,26H2,1-2H3,(H,27,32). The van der Waals surface area contributed by atoms with Crippen molar-refractivity contribution >= 4 is 29.2 Å². The molecule has 3 atom stereocenters. The highest BCUT2D eigenvalue weighted by atomic mass is 16.5. The van der Waals surface area contributed by atoms with E-state index in [9.17, 15) is 24.4 Å². The van der Waals surface area contributed by atoms with Crippen molar-refractivity contribution in [2.45, 2.75) is 44.8 Å². The molecule has 1 aromatic heterocycles. The number of nitrogens with zero attached hydrogens (tertiary/aromatic N) is 3. The SMILES string of the molecule is CC(C)CC(NC(=O)c1ccc(N)cc1)C(=O)N1CCC2C1C(=O)CN2C(=O)c1cc[n+]([O-])cc1. The van der Waals surface area contributed by atoms with Gasteiger partial charge < -0.3 is 26.1 Å². The van der Waals surface area contributed by atoms with Crippen molar-refractivity contribution in [2.75, 3.05) is 18.8 Å². The smallest absolute Gasteiger partial charge is 0.255 e. The summed E-state index contributed by atoms with van der Waals surface area (Å²) in [5, 5.41) is 14.1. The number of aromatic nitrogens is 1. The Morgan fingerprint density at radius 2 is 1.74 bits per heavy atom. The Morgan fingerprint density at radius 3 is 2.37 bits per heavy atom. The number of Topliss-reactive ketones (excluding diaryl/α,β-unsaturated/α-hetero) is 1. The van der Waals surface area contributed by atoms with Gasteiger partial charge in [-0.25, -0.2) is 0 Å². The number of carbonyl (C=O) groups is 4. The molecule has 4 rings (SSSR count). The van der Waals surface area contributed by atoms with Gasteiger partial charge in [-0.1, -0.05) is 13.8 Å². The number of nitrogens with two attached hydrogens (primary N) is 1. The predicted molar refractivity (Wildman–Crippen MR) is 127 cm³/mol. The minimum Gasteiger partial charge on any atom is -0.619 e. The molecule has 1 aromatic carbocycles. The Morgan fingerprint density at radius 1 is 1.09 bits per heavy atom. The van der Waals surface area contributed by atoms with Crippen molar-refractivity contribution in [2.24, 2.45) is 5.92 Å². The van der Waals surface area contributed by atoms with Gasteiger partial charge in [0.25, 0.3) is 11.8 Å². The molecule has 3 heterocycles. The lowest BCUT2D eigenvalue weighted by Gasteiger charge is -2.29. The zero-order valence-corrected chi connectivity index (χ0v) is 19.7. The molecule has 0 aliphatic carbocycles. The van der Waals surface area contributed by atoms with Gasteiger partial charge in [-0.05, 0) is 43.0 Å². The summed E-state index contributed by atoms with van der Waals surface area (Å²) >= 11 is 0. The Hall–Kier alpha value is -3.95. The van der Waals surface area contributed by atoms with Gasteiger partial charge >= 0.3 is 0 Å². The fourth-order valence-electron chi connectivity index (χ4n) is 4.83. The molecule has 35 heavy (non-hydrogen) atoms. The van der Waals surface area contributed by atoms with Crippen LogP contribution in [0, 0.1) is 11.1 Å². The molecule has 0 saturated carbocycles. The van der Waals surface area contributed by atoms with E-state index >= 15 is 0 Å². The topological polar surface area (TPSA) is 140 Å². The maximum Gasteiger partial charge on any atom is 0.255 e. The molecular weight excluding hydrogens is 450 g/mol. The monoisotopic (exact) mass is 479 g/mol. The molecule has 3 N–H and O–H groups in total. The summed E-state index contributed by atoms with van der Waals surface area (Å²) in [5.41, 5.74) is 6.92. The van der Waals surface area contributed by atoms with E-state index in [0.717, 1.165) is 0 Å². The van der Waals surface area contributed by atoms with Gasteiger partial charge in [0.05, 0.1) is 18.2 Å². The highest BCUT2D eigenvalue weighted by Gasteiger charge is 2.52. The number of rotatable bonds is 6. The average Bonchev–Trinajstić information content (AvgIpc) is 3.39. The summed E-state index contributed by atoms with van der Waals surface area (Å²) in [7, 11) is 0. The fraction of sp³-hybridized carbons (Fsp3) is 0.400. The summed E-state index contributed by atoms with van der Waals surface area (Å²) in [5.74, 6) is -1.17. The third-order valence-corrected chi connectivity index (χ3v) is 6.50. The number of ketones is 1. The normalized spacial score (nSPS) is 20.1. The number of hydrogen-bond acceptors (Lipinski definition) is 6. The molecule has 184 valence electrons. The maximum atomic E-state index is 13.6. The van der Waals surface area contributed by atoms with Crippen molar-refractivity contribution in [3.63, 3.8) is 0 Å². The number of benzene rings is 1. The number of fused-ring (bicyclic) bond motifs is 1. The lowest BCUT2D eigenvalue weighted by molar-refractivity contribution is -0.605. The van der Waals surface area contributed by atoms with Crippen molar-refractivity contribution in [3.8, 4) is 0 Å². The van der Waals surface area contributed by atoms with Gasteiger partial charge in [-0.15, -0.1) is 0 Å². The van der Waals surface area contributed by atoms with E-state index in [4.69, 9.17) is 5.73 Å². The van der Waals surface area contributed by atoms with Crippen LogP contribution >= 0.6 is 0 Å². The second kappa shape index (κ2) is 9.73. The van der Waals surface area contributed by atoms with Gasteiger partial charge in [0.2, 0.25) is 5.91 Å². The first-order valence-electron chi connectivity index (χ1n) is 11.6. The molecule has 10 heteroatoms. The second-order valence-electron chi connectivity index (χ2n) is 9.46. The summed E-state index contributed by atoms with van der Waals surface area (Å²) < 4.78 is 0.582. The average molecular weight is 480 g/mol. The molecule has 2 aliphatic rings. The molecule has 3 amide bonds. The summed E-state index contributed by atoms with van der Waals surface area (Å²) in [6, 6.07) is 7.25. The van der Waals surface area contributed by atoms with Crippen LogP contribution in [0.4, 0.5) is 5.69 Å². The number of amides is 3. The van der Waals surface area contributed by atoms with E-state index in [1.54, 1.807) is 24.3 Å². The molecule has 3 unspecified atom stereocenters. The van der Waals surface area contributed by atoms with E-state index in [0.29, 0.717) is 40.9 Å². The van der Waals surface area contributed by atoms with E-state index < -0.39 is 24.0 Å². The van der Waals surface area contributed by atoms with Crippen LogP contribution in [0.5, 0.6) is 0 Å². The Balaban J connectivity index is 1.51. The first-order valence-corrected chi connectivity index (χ1v) is 11.6. The van der Waals surface area contributed by atoms with Gasteiger partial charge in [-0.2, -0.15) is 4.73 Å². The van der Waals surface area contributed by atoms with Crippen LogP contribution in [0.2, 0.25) is 0 Å². The number of carbonyl (C=O) groups excluding carboxylic acids is 4. The van der Waals surface area contributed by atoms with Crippen molar-refractivity contribution in [3.05, 3.63) is 65.1 Å². The van der Waals surface area contributed by atoms with Crippen LogP contribution in [0.15, 0.2) is 48.8 Å². The Bertz CT molecular complexity index is 1130. The zero-order valence-electron chi connectivity index (χ0n) is 19.7. The third kappa shape index (κ3) is 4.96. The van der Waals surface area contributed by atoms with Crippen LogP contribution in [-0.2, 0) is 9.59 Å². The minimum absolute atomic E-state index is 0.100. The van der Waals surface area contributed by atoms with Crippen LogP contribution < -0.4 is 15.8 Å². The summed E-state index contributed by atoms with van der Waals surface area (Å²) in [6.45, 7) is 4.12. The van der Waals surface area contributed by atoms with Crippen LogP contribution in [0.3, 0.4) is 0 Å². The number of nitrogen functional groups attached to an aromatic ring is 1. The van der Waals surface area contributed by atoms with Crippen molar-refractivity contribution < 1.29 is 23.9 Å². The molecule has 0 bridgehead atoms. The molecule has 2 aliphatic heterocycles. The fourth-order valence-corrected chi connectivity index (χ4v) is 4.83. The summed E-state index contributed by atoms with van der Waals surface area (Å²) in [6.07, 6.45) is 3.33. The van der Waals surface area contributed by atoms with Gasteiger partial charge in [-0.3, -0.25) is 19.2 Å². The summed E-state index contributed by atoms with van der Waals surface area (Å²) in [4.78, 5) is 55.3. The molecule has 0 spiro atoms. The second-order valence-corrected chi connectivity index (χ2v) is 9.46. The number of hydrogen-bond donors (Lipinski definition) is 2. The number of pyridine rings is 1. The lowest BCUT2D eigenvalue weighted by Crippen LogP contribution is -2.53. The van der Waals surface area contributed by atoms with Crippen molar-refractivity contribution in [1.82, 2.24) is 15.1 Å². The molecule has 2 saturated heterocycles. The molecular formula is C25H29N5O5. The first kappa shape index (κ1) is 24.2. The number of anilines is 1. The lowest BCUT2D eigenvalue weighted by atomic mass is 10.0. The van der Waals surface area contributed by atoms with Crippen LogP contribution in [0.25, 0.3) is 0 Å². The highest BCUT2D eigenvalue weighted by Crippen LogP contribution is 2.31. The first-order chi connectivity index (χ1) is 16.7. The molecule has 0 radical (unpaired) electrons. The van der Waals surface area contributed by atoms with E-state index in [1.807, 2.05) is 13.8 Å². The van der Waals surface area contributed by atoms with Gasteiger partial charge in [0, 0.05) is 29.9 Å². The van der Waals surface area contributed by atoms with Gasteiger partial charge in [0.1, 0.15) is 12.1 Å². The van der Waals surface area contributed by atoms with E-state index in [-0.39, 0.29) is 30.1 Å². The van der Waals surface area contributed by atoms with Gasteiger partial charge in [0.15, 0.2) is 18.2 Å². The van der Waals surface area contributed by atoms with E-state index in [1.165, 1.54) is 34.3 Å². The predicted octanol–water partition coefficient (Wildman–Crippen LogP) is 0.741. The number of likely N-dealkylation sites (tertiary alicyclic amines) is 2. The quantitative estimate of drug-likeness (QED) is 0.356. The zero-order chi connectivity index (χ0) is 25.3. The molecule has 10 nitrogen and oxygen atoms in total.